The van der Waals surface area contributed by atoms with Crippen LogP contribution in [0.2, 0.25) is 0 Å². The number of unbranched alkanes of at least 4 members (excludes halogenated alkanes) is 1. The summed E-state index contributed by atoms with van der Waals surface area (Å²) in [6.45, 7) is 7.53. The van der Waals surface area contributed by atoms with Crippen LogP contribution in [0.5, 0.6) is 0 Å². The minimum absolute atomic E-state index is 0.718. The summed E-state index contributed by atoms with van der Waals surface area (Å²) in [5.41, 5.74) is 2.06. The predicted molar refractivity (Wildman–Crippen MR) is 94.0 cm³/mol. The Morgan fingerprint density at radius 2 is 1.86 bits per heavy atom. The quantitative estimate of drug-likeness (QED) is 0.738. The second-order valence-electron chi connectivity index (χ2n) is 5.88. The lowest BCUT2D eigenvalue weighted by atomic mass is 9.99. The molecule has 3 heteroatoms. The first-order chi connectivity index (χ1) is 10.7. The van der Waals surface area contributed by atoms with E-state index in [0.29, 0.717) is 0 Å². The van der Waals surface area contributed by atoms with Gasteiger partial charge in [0.1, 0.15) is 5.82 Å². The van der Waals surface area contributed by atoms with Crippen molar-refractivity contribution < 1.29 is 0 Å². The van der Waals surface area contributed by atoms with Crippen LogP contribution in [0.1, 0.15) is 45.2 Å². The van der Waals surface area contributed by atoms with Crippen LogP contribution in [0.15, 0.2) is 36.4 Å². The molecule has 0 bridgehead atoms. The number of benzene rings is 1. The predicted octanol–water partition coefficient (Wildman–Crippen LogP) is 5.08. The molecule has 1 N–H and O–H groups in total. The van der Waals surface area contributed by atoms with Gasteiger partial charge >= 0.3 is 0 Å². The van der Waals surface area contributed by atoms with Crippen molar-refractivity contribution in [1.29, 1.82) is 0 Å². The van der Waals surface area contributed by atoms with E-state index < -0.39 is 0 Å². The van der Waals surface area contributed by atoms with Gasteiger partial charge in [0.05, 0.1) is 0 Å². The Hall–Kier alpha value is -1.90. The highest BCUT2D eigenvalue weighted by molar-refractivity contribution is 5.57. The Morgan fingerprint density at radius 1 is 1.09 bits per heavy atom. The molecule has 2 aromatic rings. The van der Waals surface area contributed by atoms with Crippen molar-refractivity contribution >= 4 is 5.82 Å². The summed E-state index contributed by atoms with van der Waals surface area (Å²) in [7, 11) is 0. The Balaban J connectivity index is 2.07. The zero-order valence-corrected chi connectivity index (χ0v) is 14.0. The number of nitrogens with zero attached hydrogens (tertiary/aromatic N) is 2. The van der Waals surface area contributed by atoms with Crippen molar-refractivity contribution in [2.75, 3.05) is 11.9 Å². The van der Waals surface area contributed by atoms with Crippen molar-refractivity contribution in [2.24, 2.45) is 5.92 Å². The molecule has 2 rings (SSSR count). The third-order valence-electron chi connectivity index (χ3n) is 4.00. The third-order valence-corrected chi connectivity index (χ3v) is 4.00. The highest BCUT2D eigenvalue weighted by Crippen LogP contribution is 2.19. The van der Waals surface area contributed by atoms with Crippen LogP contribution in [0, 0.1) is 12.8 Å². The van der Waals surface area contributed by atoms with Gasteiger partial charge in [-0.05, 0) is 19.3 Å². The molecule has 0 fully saturated rings. The average molecular weight is 297 g/mol. The minimum Gasteiger partial charge on any atom is -0.370 e. The van der Waals surface area contributed by atoms with E-state index in [1.165, 1.54) is 25.7 Å². The molecule has 0 amide bonds. The van der Waals surface area contributed by atoms with Crippen LogP contribution in [-0.2, 0) is 0 Å². The van der Waals surface area contributed by atoms with E-state index in [-0.39, 0.29) is 0 Å². The fourth-order valence-corrected chi connectivity index (χ4v) is 2.57. The average Bonchev–Trinajstić information content (AvgIpc) is 2.55. The van der Waals surface area contributed by atoms with Crippen molar-refractivity contribution in [1.82, 2.24) is 9.97 Å². The summed E-state index contributed by atoms with van der Waals surface area (Å²) in [4.78, 5) is 9.22. The van der Waals surface area contributed by atoms with Crippen molar-refractivity contribution in [3.05, 3.63) is 42.1 Å². The maximum absolute atomic E-state index is 4.67. The lowest BCUT2D eigenvalue weighted by molar-refractivity contribution is 0.472. The lowest BCUT2D eigenvalue weighted by Crippen LogP contribution is -2.15. The molecule has 1 heterocycles. The minimum atomic E-state index is 0.718. The second-order valence-corrected chi connectivity index (χ2v) is 5.88. The monoisotopic (exact) mass is 297 g/mol. The van der Waals surface area contributed by atoms with Gasteiger partial charge in [-0.15, -0.1) is 0 Å². The van der Waals surface area contributed by atoms with Crippen LogP contribution < -0.4 is 5.32 Å². The van der Waals surface area contributed by atoms with E-state index in [4.69, 9.17) is 0 Å². The van der Waals surface area contributed by atoms with Gasteiger partial charge in [0.15, 0.2) is 5.82 Å². The van der Waals surface area contributed by atoms with Crippen LogP contribution in [0.4, 0.5) is 5.82 Å². The molecule has 3 nitrogen and oxygen atoms in total. The van der Waals surface area contributed by atoms with E-state index in [0.717, 1.165) is 35.4 Å². The fourth-order valence-electron chi connectivity index (χ4n) is 2.57. The van der Waals surface area contributed by atoms with E-state index >= 15 is 0 Å². The number of nitrogens with one attached hydrogen (secondary N) is 1. The molecule has 0 saturated heterocycles. The van der Waals surface area contributed by atoms with Crippen molar-refractivity contribution in [2.45, 2.75) is 46.5 Å². The maximum atomic E-state index is 4.67. The Morgan fingerprint density at radius 3 is 2.55 bits per heavy atom. The second kappa shape index (κ2) is 8.52. The van der Waals surface area contributed by atoms with E-state index in [1.807, 2.05) is 31.2 Å². The van der Waals surface area contributed by atoms with E-state index in [9.17, 15) is 0 Å². The summed E-state index contributed by atoms with van der Waals surface area (Å²) in [5.74, 6) is 2.45. The van der Waals surface area contributed by atoms with E-state index in [1.54, 1.807) is 0 Å². The molecular formula is C19H27N3. The first kappa shape index (κ1) is 16.5. The summed E-state index contributed by atoms with van der Waals surface area (Å²) in [6, 6.07) is 12.2. The van der Waals surface area contributed by atoms with Gasteiger partial charge in [-0.3, -0.25) is 0 Å². The molecule has 0 saturated carbocycles. The maximum Gasteiger partial charge on any atom is 0.161 e. The molecular weight excluding hydrogens is 270 g/mol. The molecule has 1 atom stereocenters. The molecule has 0 aliphatic heterocycles. The van der Waals surface area contributed by atoms with Crippen LogP contribution >= 0.6 is 0 Å². The molecule has 0 aliphatic carbocycles. The Kier molecular flexibility index (Phi) is 6.38. The van der Waals surface area contributed by atoms with Gasteiger partial charge in [0.2, 0.25) is 0 Å². The SMILES string of the molecule is CCCCC(CC)CNc1cc(C)nc(-c2ccccc2)n1. The van der Waals surface area contributed by atoms with Gasteiger partial charge in [-0.2, -0.15) is 0 Å². The largest absolute Gasteiger partial charge is 0.370 e. The van der Waals surface area contributed by atoms with Gasteiger partial charge in [-0.25, -0.2) is 9.97 Å². The topological polar surface area (TPSA) is 37.8 Å². The highest BCUT2D eigenvalue weighted by Gasteiger charge is 2.08. The summed E-state index contributed by atoms with van der Waals surface area (Å²) in [5, 5.41) is 3.50. The molecule has 1 unspecified atom stereocenters. The number of aromatic nitrogens is 2. The fraction of sp³-hybridized carbons (Fsp3) is 0.474. The highest BCUT2D eigenvalue weighted by atomic mass is 15.0. The zero-order chi connectivity index (χ0) is 15.8. The molecule has 0 radical (unpaired) electrons. The standard InChI is InChI=1S/C19H27N3/c1-4-6-10-16(5-2)14-20-18-13-15(3)21-19(22-18)17-11-8-7-9-12-17/h7-9,11-13,16H,4-6,10,14H2,1-3H3,(H,20,21,22). The van der Waals surface area contributed by atoms with Gasteiger partial charge in [0.25, 0.3) is 0 Å². The summed E-state index contributed by atoms with van der Waals surface area (Å²) < 4.78 is 0. The molecule has 1 aromatic carbocycles. The van der Waals surface area contributed by atoms with Gasteiger partial charge in [-0.1, -0.05) is 63.4 Å². The van der Waals surface area contributed by atoms with E-state index in [2.05, 4.69) is 41.3 Å². The Bertz CT molecular complexity index is 566. The van der Waals surface area contributed by atoms with Gasteiger partial charge < -0.3 is 5.32 Å². The third kappa shape index (κ3) is 4.83. The first-order valence-corrected chi connectivity index (χ1v) is 8.37. The van der Waals surface area contributed by atoms with Gasteiger partial charge in [0, 0.05) is 23.9 Å². The lowest BCUT2D eigenvalue weighted by Gasteiger charge is -2.16. The van der Waals surface area contributed by atoms with Crippen molar-refractivity contribution in [3.63, 3.8) is 0 Å². The first-order valence-electron chi connectivity index (χ1n) is 8.37. The molecule has 118 valence electrons. The smallest absolute Gasteiger partial charge is 0.161 e. The number of hydrogen-bond donors (Lipinski definition) is 1. The Labute approximate surface area is 134 Å². The zero-order valence-electron chi connectivity index (χ0n) is 14.0. The molecule has 1 aromatic heterocycles. The van der Waals surface area contributed by atoms with Crippen molar-refractivity contribution in [3.8, 4) is 11.4 Å². The normalized spacial score (nSPS) is 12.1. The molecule has 0 spiro atoms. The van der Waals surface area contributed by atoms with Crippen LogP contribution in [0.25, 0.3) is 11.4 Å². The van der Waals surface area contributed by atoms with Crippen LogP contribution in [0.3, 0.4) is 0 Å². The van der Waals surface area contributed by atoms with Crippen LogP contribution in [-0.4, -0.2) is 16.5 Å². The number of anilines is 1. The molecule has 0 aliphatic rings. The summed E-state index contributed by atoms with van der Waals surface area (Å²) in [6.07, 6.45) is 5.07. The number of rotatable bonds is 8. The number of hydrogen-bond acceptors (Lipinski definition) is 3. The number of aryl methyl sites for hydroxylation is 1. The summed E-state index contributed by atoms with van der Waals surface area (Å²) >= 11 is 0. The molecule has 22 heavy (non-hydrogen) atoms.